The Balaban J connectivity index is 5.26. The van der Waals surface area contributed by atoms with E-state index in [1.54, 1.807) is 0 Å². The van der Waals surface area contributed by atoms with Crippen LogP contribution in [0.25, 0.3) is 0 Å². The zero-order valence-corrected chi connectivity index (χ0v) is 37.8. The molecule has 82 heavy (non-hydrogen) atoms. The van der Waals surface area contributed by atoms with Crippen LogP contribution in [0.2, 0.25) is 0 Å². The zero-order chi connectivity index (χ0) is 67.7. The summed E-state index contributed by atoms with van der Waals surface area (Å²) in [5.41, 5.74) is -19.3. The summed E-state index contributed by atoms with van der Waals surface area (Å²) >= 11 is -2.61. The Hall–Kier alpha value is -3.55. The van der Waals surface area contributed by atoms with Crippen LogP contribution in [-0.2, 0) is 17.8 Å². The molecule has 0 aliphatic carbocycles. The second kappa shape index (κ2) is 19.0. The number of hydrogen-bond acceptors (Lipinski definition) is 0. The number of alkyl halides is 51. The van der Waals surface area contributed by atoms with Gasteiger partial charge in [-0.25, -0.2) is 0 Å². The van der Waals surface area contributed by atoms with E-state index in [1.807, 2.05) is 0 Å². The van der Waals surface area contributed by atoms with Crippen LogP contribution in [0.1, 0.15) is 16.7 Å². The van der Waals surface area contributed by atoms with Gasteiger partial charge in [0.15, 0.2) is 0 Å². The molecule has 0 aromatic heterocycles. The topological polar surface area (TPSA) is 0 Å². The van der Waals surface area contributed by atoms with Crippen molar-refractivity contribution in [1.29, 1.82) is 0 Å². The van der Waals surface area contributed by atoms with Gasteiger partial charge in [-0.2, -0.15) is 13.2 Å². The Kier molecular flexibility index (Phi) is 17.7. The average molecular weight is 1450 g/mol. The predicted octanol–water partition coefficient (Wildman–Crippen LogP) is 16.9. The van der Waals surface area contributed by atoms with Gasteiger partial charge in [0.25, 0.3) is 0 Å². The molecule has 1 aromatic carbocycles. The molecule has 0 spiro atoms. The molecule has 1 rings (SSSR count). The summed E-state index contributed by atoms with van der Waals surface area (Å²) in [7, 11) is 0. The molecule has 0 fully saturated rings. The van der Waals surface area contributed by atoms with Crippen LogP contribution < -0.4 is 3.58 Å². The second-order valence-electron chi connectivity index (χ2n) is 15.5. The van der Waals surface area contributed by atoms with E-state index in [1.165, 1.54) is 0 Å². The van der Waals surface area contributed by atoms with Crippen LogP contribution in [0.3, 0.4) is 0 Å². The molecule has 0 nitrogen and oxygen atoms in total. The van der Waals surface area contributed by atoms with Gasteiger partial charge in [0.2, 0.25) is 0 Å². The summed E-state index contributed by atoms with van der Waals surface area (Å²) < 4.78 is 715. The Morgan fingerprint density at radius 3 is 0.500 bits per heavy atom. The van der Waals surface area contributed by atoms with Gasteiger partial charge in [0.05, 0.1) is 0 Å². The van der Waals surface area contributed by atoms with E-state index in [2.05, 4.69) is 0 Å². The third kappa shape index (κ3) is 8.95. The summed E-state index contributed by atoms with van der Waals surface area (Å²) in [6, 6.07) is -4.97. The Morgan fingerprint density at radius 1 is 0.171 bits per heavy atom. The number of rotatable bonds is 21. The fraction of sp³-hybridized carbons (Fsp3) is 0.800. The second-order valence-corrected chi connectivity index (χ2v) is 17.0. The number of halogens is 51. The molecular weight excluding hydrogens is 1450 g/mol. The molecule has 0 aliphatic heterocycles. The fourth-order valence-electron chi connectivity index (χ4n) is 5.49. The summed E-state index contributed by atoms with van der Waals surface area (Å²) in [6.45, 7) is 0. The normalized spacial score (nSPS) is 17.0. The van der Waals surface area contributed by atoms with E-state index in [4.69, 9.17) is 0 Å². The molecule has 1 aromatic rings. The van der Waals surface area contributed by atoms with Crippen LogP contribution in [0.5, 0.6) is 0 Å². The molecule has 0 saturated heterocycles. The first-order valence-electron chi connectivity index (χ1n) is 17.5. The fourth-order valence-corrected chi connectivity index (χ4v) is 6.53. The molecule has 0 unspecified atom stereocenters. The van der Waals surface area contributed by atoms with Crippen molar-refractivity contribution in [2.24, 2.45) is 0 Å². The van der Waals surface area contributed by atoms with Crippen molar-refractivity contribution < 1.29 is 224 Å². The molecule has 0 bridgehead atoms. The first-order valence-corrected chi connectivity index (χ1v) is 19.0. The van der Waals surface area contributed by atoms with Crippen molar-refractivity contribution in [3.05, 3.63) is 28.8 Å². The van der Waals surface area contributed by atoms with Crippen LogP contribution in [0.4, 0.5) is 224 Å². The Labute approximate surface area is 422 Å². The molecule has 0 amide bonds. The SMILES string of the molecule is FC(F)(F)C(F)(F)C(F)(F)C(F)(F)C(F)(F)C(F)(F)C(F)(F)C(F)(F)c1cc[c]([Sn])c(C(F)(F)C(F)(F)C(F)(F)C(F)(F)C(F)(F)C(F)(F)C(F)(F)C(F)(F)F)c1C(F)(F)C(F)(F)C(F)(F)C(F)(F)C(F)(F)C(F)(F)C(F)(F)C(F)(F)F. The van der Waals surface area contributed by atoms with E-state index in [0.29, 0.717) is 0 Å². The van der Waals surface area contributed by atoms with Gasteiger partial charge >= 0.3 is 409 Å². The number of hydrogen-bond donors (Lipinski definition) is 0. The third-order valence-corrected chi connectivity index (χ3v) is 11.5. The van der Waals surface area contributed by atoms with Gasteiger partial charge in [-0.1, -0.05) is 0 Å². The molecule has 0 heterocycles. The van der Waals surface area contributed by atoms with Gasteiger partial charge in [-0.05, 0) is 0 Å². The maximum absolute atomic E-state index is 15.9. The van der Waals surface area contributed by atoms with E-state index >= 15 is 52.7 Å². The molecule has 0 N–H and O–H groups in total. The summed E-state index contributed by atoms with van der Waals surface area (Å²) in [5.74, 6) is -211. The van der Waals surface area contributed by atoms with Gasteiger partial charge in [-0.3, -0.25) is 0 Å². The molecule has 0 atom stereocenters. The number of benzene rings is 1. The van der Waals surface area contributed by atoms with Crippen molar-refractivity contribution in [3.63, 3.8) is 0 Å². The average Bonchev–Trinajstić information content (AvgIpc) is 3.23. The summed E-state index contributed by atoms with van der Waals surface area (Å²) in [4.78, 5) is 0. The monoisotopic (exact) mass is 1450 g/mol. The summed E-state index contributed by atoms with van der Waals surface area (Å²) in [6.07, 6.45) is -26.1. The van der Waals surface area contributed by atoms with Crippen LogP contribution in [-0.4, -0.2) is 148 Å². The molecule has 483 valence electrons. The van der Waals surface area contributed by atoms with Gasteiger partial charge in [0.1, 0.15) is 0 Å². The molecule has 3 radical (unpaired) electrons. The quantitative estimate of drug-likeness (QED) is 0.0850. The first-order chi connectivity index (χ1) is 34.5. The van der Waals surface area contributed by atoms with Crippen LogP contribution in [0, 0.1) is 0 Å². The van der Waals surface area contributed by atoms with Crippen molar-refractivity contribution in [3.8, 4) is 0 Å². The zero-order valence-electron chi connectivity index (χ0n) is 34.9. The van der Waals surface area contributed by atoms with Crippen molar-refractivity contribution in [1.82, 2.24) is 0 Å². The minimum atomic E-state index is -10.6. The third-order valence-electron chi connectivity index (χ3n) is 10.3. The molecule has 0 saturated carbocycles. The van der Waals surface area contributed by atoms with Gasteiger partial charge < -0.3 is 0 Å². The maximum atomic E-state index is 15.9. The van der Waals surface area contributed by atoms with E-state index in [0.717, 1.165) is 0 Å². The van der Waals surface area contributed by atoms with Gasteiger partial charge in [-0.15, -0.1) is 0 Å². The van der Waals surface area contributed by atoms with Crippen molar-refractivity contribution in [2.75, 3.05) is 0 Å². The Morgan fingerprint density at radius 2 is 0.317 bits per heavy atom. The van der Waals surface area contributed by atoms with E-state index in [-0.39, 0.29) is 0 Å². The minimum absolute atomic E-state index is 2.18. The van der Waals surface area contributed by atoms with Crippen molar-refractivity contribution in [2.45, 2.75) is 143 Å². The first kappa shape index (κ1) is 76.5. The predicted molar refractivity (Wildman–Crippen MR) is 151 cm³/mol. The van der Waals surface area contributed by atoms with Crippen LogP contribution >= 0.6 is 0 Å². The standard InChI is InChI=1S/C30H2F51.Sn/c31-7(32,10(37,38)13(43,44)16(49,50)19(55,56)22(61,62)25(67,68)28(73,74)75)4-2-1-3-5(8(33,34)11(39,40)14(45,46)17(51,52)20(57,58)23(63,64)26(69,70)29(76,77)78)6(4)9(35,36)12(41,42)15(47,48)18(53,54)21(59,60)24(65,66)27(71,72)30(79,80)81;/h1-2H;. The van der Waals surface area contributed by atoms with E-state index < -0.39 is 198 Å². The molecule has 0 aliphatic rings. The van der Waals surface area contributed by atoms with E-state index in [9.17, 15) is 171 Å². The van der Waals surface area contributed by atoms with Crippen LogP contribution in [0.15, 0.2) is 12.1 Å². The molecular formula is C30H2F51Sn. The molecule has 52 heteroatoms. The van der Waals surface area contributed by atoms with Crippen molar-refractivity contribution >= 4 is 26.1 Å². The van der Waals surface area contributed by atoms with Gasteiger partial charge in [0, 0.05) is 0 Å². The summed E-state index contributed by atoms with van der Waals surface area (Å²) in [5, 5.41) is 0. The Bertz CT molecular complexity index is 2500.